The van der Waals surface area contributed by atoms with E-state index in [9.17, 15) is 0 Å². The number of nitrogens with zero attached hydrogens (tertiary/aromatic N) is 2. The predicted octanol–water partition coefficient (Wildman–Crippen LogP) is 4.21. The van der Waals surface area contributed by atoms with Crippen LogP contribution in [0.15, 0.2) is 47.6 Å². The second kappa shape index (κ2) is 5.44. The van der Waals surface area contributed by atoms with Gasteiger partial charge in [-0.15, -0.1) is 0 Å². The Kier molecular flexibility index (Phi) is 3.62. The zero-order valence-electron chi connectivity index (χ0n) is 13.1. The van der Waals surface area contributed by atoms with Crippen LogP contribution in [0.3, 0.4) is 0 Å². The average molecular weight is 278 g/mol. The van der Waals surface area contributed by atoms with Gasteiger partial charge in [-0.2, -0.15) is 0 Å². The van der Waals surface area contributed by atoms with Gasteiger partial charge < -0.3 is 0 Å². The van der Waals surface area contributed by atoms with E-state index in [0.29, 0.717) is 0 Å². The van der Waals surface area contributed by atoms with Crippen molar-refractivity contribution in [3.63, 3.8) is 0 Å². The zero-order chi connectivity index (χ0) is 14.9. The fraction of sp³-hybridized carbons (Fsp3) is 0.368. The van der Waals surface area contributed by atoms with Crippen LogP contribution in [0, 0.1) is 0 Å². The van der Waals surface area contributed by atoms with Gasteiger partial charge in [0, 0.05) is 23.0 Å². The van der Waals surface area contributed by atoms with Crippen molar-refractivity contribution in [2.45, 2.75) is 45.6 Å². The molecule has 1 aromatic heterocycles. The molecule has 21 heavy (non-hydrogen) atoms. The third kappa shape index (κ3) is 2.90. The Hall–Kier alpha value is -1.96. The topological polar surface area (TPSA) is 25.2 Å². The summed E-state index contributed by atoms with van der Waals surface area (Å²) in [4.78, 5) is 9.56. The van der Waals surface area contributed by atoms with E-state index in [4.69, 9.17) is 4.99 Å². The van der Waals surface area contributed by atoms with Crippen molar-refractivity contribution in [3.8, 4) is 0 Å². The average Bonchev–Trinajstić information content (AvgIpc) is 2.46. The van der Waals surface area contributed by atoms with Gasteiger partial charge in [-0.25, -0.2) is 0 Å². The molecule has 0 spiro atoms. The summed E-state index contributed by atoms with van der Waals surface area (Å²) in [5.74, 6) is 0. The molecule has 3 rings (SSSR count). The Morgan fingerprint density at radius 3 is 2.62 bits per heavy atom. The molecular weight excluding hydrogens is 256 g/mol. The first-order valence-electron chi connectivity index (χ1n) is 7.72. The number of aliphatic imine (C=N–C) groups is 1. The van der Waals surface area contributed by atoms with Crippen LogP contribution in [0.5, 0.6) is 0 Å². The van der Waals surface area contributed by atoms with Crippen molar-refractivity contribution in [1.82, 2.24) is 4.98 Å². The van der Waals surface area contributed by atoms with E-state index in [1.807, 2.05) is 6.20 Å². The summed E-state index contributed by atoms with van der Waals surface area (Å²) in [5.41, 5.74) is 5.94. The highest BCUT2D eigenvalue weighted by atomic mass is 14.9. The molecule has 0 atom stereocenters. The minimum Gasteiger partial charge on any atom is -0.278 e. The zero-order valence-corrected chi connectivity index (χ0v) is 13.1. The Morgan fingerprint density at radius 2 is 1.90 bits per heavy atom. The molecule has 0 radical (unpaired) electrons. The normalized spacial score (nSPS) is 16.2. The predicted molar refractivity (Wildman–Crippen MR) is 88.1 cm³/mol. The van der Waals surface area contributed by atoms with Crippen molar-refractivity contribution >= 4 is 5.71 Å². The molecule has 0 fully saturated rings. The SMILES string of the molecule is CCCc1ccc(C2=NC(C)(C)Cc3ccccc32)cn1. The molecule has 1 aromatic carbocycles. The van der Waals surface area contributed by atoms with E-state index >= 15 is 0 Å². The fourth-order valence-corrected chi connectivity index (χ4v) is 2.96. The molecule has 0 bridgehead atoms. The number of benzene rings is 1. The number of rotatable bonds is 3. The van der Waals surface area contributed by atoms with Crippen LogP contribution in [-0.4, -0.2) is 16.2 Å². The molecule has 0 saturated carbocycles. The summed E-state index contributed by atoms with van der Waals surface area (Å²) in [6.07, 6.45) is 5.13. The van der Waals surface area contributed by atoms with Crippen molar-refractivity contribution in [2.75, 3.05) is 0 Å². The highest BCUT2D eigenvalue weighted by molar-refractivity contribution is 6.14. The summed E-state index contributed by atoms with van der Waals surface area (Å²) in [6.45, 7) is 6.57. The minimum atomic E-state index is -0.0498. The van der Waals surface area contributed by atoms with Gasteiger partial charge in [-0.3, -0.25) is 9.98 Å². The van der Waals surface area contributed by atoms with Crippen LogP contribution in [-0.2, 0) is 12.8 Å². The van der Waals surface area contributed by atoms with Gasteiger partial charge in [0.1, 0.15) is 0 Å². The van der Waals surface area contributed by atoms with Crippen molar-refractivity contribution in [1.29, 1.82) is 0 Å². The molecule has 0 unspecified atom stereocenters. The number of aryl methyl sites for hydroxylation is 1. The van der Waals surface area contributed by atoms with E-state index in [2.05, 4.69) is 62.2 Å². The quantitative estimate of drug-likeness (QED) is 0.825. The molecule has 2 nitrogen and oxygen atoms in total. The van der Waals surface area contributed by atoms with E-state index < -0.39 is 0 Å². The molecule has 1 aliphatic heterocycles. The number of hydrogen-bond acceptors (Lipinski definition) is 2. The molecule has 0 aliphatic carbocycles. The number of fused-ring (bicyclic) bond motifs is 1. The molecule has 2 heteroatoms. The largest absolute Gasteiger partial charge is 0.278 e. The van der Waals surface area contributed by atoms with Gasteiger partial charge in [0.2, 0.25) is 0 Å². The van der Waals surface area contributed by atoms with Gasteiger partial charge in [0.15, 0.2) is 0 Å². The maximum Gasteiger partial charge on any atom is 0.0743 e. The molecule has 0 amide bonds. The summed E-state index contributed by atoms with van der Waals surface area (Å²) in [5, 5.41) is 0. The maximum absolute atomic E-state index is 4.98. The molecule has 108 valence electrons. The molecule has 0 N–H and O–H groups in total. The Morgan fingerprint density at radius 1 is 1.10 bits per heavy atom. The van der Waals surface area contributed by atoms with Crippen LogP contribution < -0.4 is 0 Å². The summed E-state index contributed by atoms with van der Waals surface area (Å²) in [6, 6.07) is 12.9. The lowest BCUT2D eigenvalue weighted by Crippen LogP contribution is -2.29. The fourth-order valence-electron chi connectivity index (χ4n) is 2.96. The summed E-state index contributed by atoms with van der Waals surface area (Å²) in [7, 11) is 0. The first-order valence-corrected chi connectivity index (χ1v) is 7.72. The number of pyridine rings is 1. The van der Waals surface area contributed by atoms with Gasteiger partial charge in [0.05, 0.1) is 11.3 Å². The first kappa shape index (κ1) is 14.0. The highest BCUT2D eigenvalue weighted by Crippen LogP contribution is 2.29. The second-order valence-electron chi connectivity index (χ2n) is 6.39. The Balaban J connectivity index is 2.04. The summed E-state index contributed by atoms with van der Waals surface area (Å²) >= 11 is 0. The van der Waals surface area contributed by atoms with E-state index in [1.54, 1.807) is 0 Å². The van der Waals surface area contributed by atoms with E-state index in [-0.39, 0.29) is 5.54 Å². The van der Waals surface area contributed by atoms with Gasteiger partial charge >= 0.3 is 0 Å². The van der Waals surface area contributed by atoms with Crippen LogP contribution in [0.2, 0.25) is 0 Å². The molecular formula is C19H22N2. The Bertz CT molecular complexity index is 666. The van der Waals surface area contributed by atoms with Crippen molar-refractivity contribution in [2.24, 2.45) is 4.99 Å². The van der Waals surface area contributed by atoms with E-state index in [0.717, 1.165) is 36.2 Å². The Labute approximate surface area is 127 Å². The minimum absolute atomic E-state index is 0.0498. The lowest BCUT2D eigenvalue weighted by atomic mass is 9.85. The molecule has 2 heterocycles. The number of aromatic nitrogens is 1. The smallest absolute Gasteiger partial charge is 0.0743 e. The van der Waals surface area contributed by atoms with Crippen LogP contribution in [0.25, 0.3) is 0 Å². The van der Waals surface area contributed by atoms with Gasteiger partial charge in [-0.05, 0) is 44.4 Å². The molecule has 1 aliphatic rings. The summed E-state index contributed by atoms with van der Waals surface area (Å²) < 4.78 is 0. The molecule has 0 saturated heterocycles. The second-order valence-corrected chi connectivity index (χ2v) is 6.39. The third-order valence-electron chi connectivity index (χ3n) is 3.91. The number of hydrogen-bond donors (Lipinski definition) is 0. The van der Waals surface area contributed by atoms with Crippen LogP contribution in [0.1, 0.15) is 49.6 Å². The highest BCUT2D eigenvalue weighted by Gasteiger charge is 2.27. The van der Waals surface area contributed by atoms with Crippen molar-refractivity contribution < 1.29 is 0 Å². The van der Waals surface area contributed by atoms with Gasteiger partial charge in [0.25, 0.3) is 0 Å². The van der Waals surface area contributed by atoms with Crippen molar-refractivity contribution in [3.05, 3.63) is 65.0 Å². The van der Waals surface area contributed by atoms with E-state index in [1.165, 1.54) is 11.1 Å². The van der Waals surface area contributed by atoms with Gasteiger partial charge in [-0.1, -0.05) is 37.6 Å². The standard InChI is InChI=1S/C19H22N2/c1-4-7-16-11-10-15(13-20-16)18-17-9-6-5-8-14(17)12-19(2,3)21-18/h5-6,8-11,13H,4,7,12H2,1-3H3. The maximum atomic E-state index is 4.98. The third-order valence-corrected chi connectivity index (χ3v) is 3.91. The first-order chi connectivity index (χ1) is 10.1. The lowest BCUT2D eigenvalue weighted by Gasteiger charge is -2.29. The monoisotopic (exact) mass is 278 g/mol. The van der Waals surface area contributed by atoms with Crippen LogP contribution in [0.4, 0.5) is 0 Å². The lowest BCUT2D eigenvalue weighted by molar-refractivity contribution is 0.513. The molecule has 2 aromatic rings. The van der Waals surface area contributed by atoms with Crippen LogP contribution >= 0.6 is 0 Å².